The molecule has 6 nitrogen and oxygen atoms in total. The van der Waals surface area contributed by atoms with Crippen molar-refractivity contribution in [3.05, 3.63) is 35.9 Å². The van der Waals surface area contributed by atoms with Crippen molar-refractivity contribution >= 4 is 17.3 Å². The van der Waals surface area contributed by atoms with Crippen LogP contribution in [0, 0.1) is 12.7 Å². The number of hydrogen-bond donors (Lipinski definition) is 3. The molecule has 0 aliphatic rings. The van der Waals surface area contributed by atoms with E-state index in [1.165, 1.54) is 19.5 Å². The van der Waals surface area contributed by atoms with Gasteiger partial charge in [-0.3, -0.25) is 0 Å². The van der Waals surface area contributed by atoms with E-state index in [0.717, 1.165) is 0 Å². The zero-order chi connectivity index (χ0) is 13.8. The minimum Gasteiger partial charge on any atom is -0.497 e. The Morgan fingerprint density at radius 2 is 2.00 bits per heavy atom. The van der Waals surface area contributed by atoms with Crippen LogP contribution in [0.4, 0.5) is 21.7 Å². The lowest BCUT2D eigenvalue weighted by Crippen LogP contribution is -2.11. The second-order valence-electron chi connectivity index (χ2n) is 3.81. The van der Waals surface area contributed by atoms with Gasteiger partial charge in [-0.25, -0.2) is 20.2 Å². The first-order chi connectivity index (χ1) is 9.15. The van der Waals surface area contributed by atoms with Gasteiger partial charge in [0.15, 0.2) is 0 Å². The monoisotopic (exact) mass is 263 g/mol. The number of nitrogens with two attached hydrogens (primary N) is 1. The topological polar surface area (TPSA) is 85.1 Å². The number of rotatable bonds is 4. The largest absolute Gasteiger partial charge is 0.497 e. The van der Waals surface area contributed by atoms with Crippen LogP contribution in [-0.4, -0.2) is 17.1 Å². The van der Waals surface area contributed by atoms with E-state index in [0.29, 0.717) is 22.9 Å². The van der Waals surface area contributed by atoms with Gasteiger partial charge < -0.3 is 15.5 Å². The van der Waals surface area contributed by atoms with Gasteiger partial charge in [0.25, 0.3) is 0 Å². The maximum Gasteiger partial charge on any atom is 0.148 e. The number of nitrogens with one attached hydrogen (secondary N) is 2. The summed E-state index contributed by atoms with van der Waals surface area (Å²) in [4.78, 5) is 8.00. The van der Waals surface area contributed by atoms with Crippen LogP contribution in [0.2, 0.25) is 0 Å². The maximum absolute atomic E-state index is 13.7. The van der Waals surface area contributed by atoms with E-state index in [1.54, 1.807) is 19.1 Å². The van der Waals surface area contributed by atoms with Crippen molar-refractivity contribution in [2.24, 2.45) is 5.84 Å². The van der Waals surface area contributed by atoms with Crippen LogP contribution in [-0.2, 0) is 0 Å². The third-order valence-electron chi connectivity index (χ3n) is 2.65. The van der Waals surface area contributed by atoms with Crippen molar-refractivity contribution < 1.29 is 9.13 Å². The molecule has 2 rings (SSSR count). The molecule has 0 unspecified atom stereocenters. The maximum atomic E-state index is 13.7. The number of halogens is 1. The SMILES string of the molecule is COc1ccc(F)c(Nc2ncnc(NN)c2C)c1. The van der Waals surface area contributed by atoms with E-state index in [-0.39, 0.29) is 5.69 Å². The molecule has 0 atom stereocenters. The molecule has 1 aromatic heterocycles. The smallest absolute Gasteiger partial charge is 0.148 e. The Hall–Kier alpha value is -2.41. The van der Waals surface area contributed by atoms with E-state index < -0.39 is 5.82 Å². The third-order valence-corrected chi connectivity index (χ3v) is 2.65. The van der Waals surface area contributed by atoms with E-state index in [9.17, 15) is 4.39 Å². The quantitative estimate of drug-likeness (QED) is 0.577. The summed E-state index contributed by atoms with van der Waals surface area (Å²) in [6, 6.07) is 4.41. The van der Waals surface area contributed by atoms with Crippen molar-refractivity contribution in [2.45, 2.75) is 6.92 Å². The highest BCUT2D eigenvalue weighted by molar-refractivity contribution is 5.65. The number of ether oxygens (including phenoxy) is 1. The lowest BCUT2D eigenvalue weighted by atomic mass is 10.2. The van der Waals surface area contributed by atoms with E-state index >= 15 is 0 Å². The fourth-order valence-corrected chi connectivity index (χ4v) is 1.58. The highest BCUT2D eigenvalue weighted by atomic mass is 19.1. The Bertz CT molecular complexity index is 590. The van der Waals surface area contributed by atoms with Crippen LogP contribution in [0.15, 0.2) is 24.5 Å². The second kappa shape index (κ2) is 5.49. The Balaban J connectivity index is 2.36. The van der Waals surface area contributed by atoms with Crippen molar-refractivity contribution in [3.8, 4) is 5.75 Å². The molecular formula is C12H14FN5O. The van der Waals surface area contributed by atoms with Crippen molar-refractivity contribution in [3.63, 3.8) is 0 Å². The molecule has 0 saturated carbocycles. The van der Waals surface area contributed by atoms with Crippen LogP contribution in [0.3, 0.4) is 0 Å². The van der Waals surface area contributed by atoms with E-state index in [4.69, 9.17) is 10.6 Å². The number of methoxy groups -OCH3 is 1. The highest BCUT2D eigenvalue weighted by Gasteiger charge is 2.09. The minimum atomic E-state index is -0.402. The molecule has 0 radical (unpaired) electrons. The zero-order valence-electron chi connectivity index (χ0n) is 10.6. The molecule has 1 heterocycles. The highest BCUT2D eigenvalue weighted by Crippen LogP contribution is 2.26. The summed E-state index contributed by atoms with van der Waals surface area (Å²) in [6.07, 6.45) is 1.34. The van der Waals surface area contributed by atoms with Gasteiger partial charge in [0.1, 0.15) is 29.5 Å². The molecule has 2 aromatic rings. The third kappa shape index (κ3) is 2.71. The van der Waals surface area contributed by atoms with Gasteiger partial charge in [-0.1, -0.05) is 0 Å². The van der Waals surface area contributed by atoms with Gasteiger partial charge in [-0.2, -0.15) is 0 Å². The first kappa shape index (κ1) is 13.0. The molecule has 7 heteroatoms. The first-order valence-electron chi connectivity index (χ1n) is 5.54. The van der Waals surface area contributed by atoms with Crippen LogP contribution >= 0.6 is 0 Å². The lowest BCUT2D eigenvalue weighted by Gasteiger charge is -2.12. The van der Waals surface area contributed by atoms with Crippen LogP contribution < -0.4 is 21.3 Å². The minimum absolute atomic E-state index is 0.268. The Labute approximate surface area is 109 Å². The number of benzene rings is 1. The average molecular weight is 263 g/mol. The molecule has 0 bridgehead atoms. The summed E-state index contributed by atoms with van der Waals surface area (Å²) in [5, 5.41) is 2.89. The predicted octanol–water partition coefficient (Wildman–Crippen LogP) is 1.96. The number of hydrogen-bond acceptors (Lipinski definition) is 6. The number of nitrogen functional groups attached to an aromatic ring is 1. The van der Waals surface area contributed by atoms with Gasteiger partial charge in [0.2, 0.25) is 0 Å². The van der Waals surface area contributed by atoms with Gasteiger partial charge in [-0.05, 0) is 19.1 Å². The zero-order valence-corrected chi connectivity index (χ0v) is 10.6. The average Bonchev–Trinajstić information content (AvgIpc) is 2.43. The standard InChI is InChI=1S/C12H14FN5O/c1-7-11(15-6-16-12(7)18-14)17-10-5-8(19-2)3-4-9(10)13/h3-6H,14H2,1-2H3,(H2,15,16,17,18). The number of nitrogens with zero attached hydrogens (tertiary/aromatic N) is 2. The molecule has 0 spiro atoms. The Morgan fingerprint density at radius 1 is 1.26 bits per heavy atom. The molecule has 0 fully saturated rings. The van der Waals surface area contributed by atoms with E-state index in [1.807, 2.05) is 0 Å². The van der Waals surface area contributed by atoms with Crippen molar-refractivity contribution in [1.29, 1.82) is 0 Å². The van der Waals surface area contributed by atoms with Crippen LogP contribution in [0.1, 0.15) is 5.56 Å². The van der Waals surface area contributed by atoms with Gasteiger partial charge in [0.05, 0.1) is 12.8 Å². The molecule has 0 saturated heterocycles. The first-order valence-corrected chi connectivity index (χ1v) is 5.54. The fraction of sp³-hybridized carbons (Fsp3) is 0.167. The summed E-state index contributed by atoms with van der Waals surface area (Å²) >= 11 is 0. The van der Waals surface area contributed by atoms with Crippen LogP contribution in [0.25, 0.3) is 0 Å². The summed E-state index contributed by atoms with van der Waals surface area (Å²) < 4.78 is 18.8. The summed E-state index contributed by atoms with van der Waals surface area (Å²) in [6.45, 7) is 1.77. The molecule has 0 amide bonds. The Morgan fingerprint density at radius 3 is 2.68 bits per heavy atom. The summed E-state index contributed by atoms with van der Waals surface area (Å²) in [5.74, 6) is 6.41. The molecule has 0 aliphatic heterocycles. The van der Waals surface area contributed by atoms with Crippen molar-refractivity contribution in [2.75, 3.05) is 17.9 Å². The Kier molecular flexibility index (Phi) is 3.76. The fourth-order valence-electron chi connectivity index (χ4n) is 1.58. The number of hydrazine groups is 1. The molecule has 100 valence electrons. The van der Waals surface area contributed by atoms with E-state index in [2.05, 4.69) is 20.7 Å². The molecule has 0 aliphatic carbocycles. The number of aromatic nitrogens is 2. The van der Waals surface area contributed by atoms with Crippen LogP contribution in [0.5, 0.6) is 5.75 Å². The molecule has 4 N–H and O–H groups in total. The van der Waals surface area contributed by atoms with Crippen molar-refractivity contribution in [1.82, 2.24) is 9.97 Å². The summed E-state index contributed by atoms with van der Waals surface area (Å²) in [7, 11) is 1.52. The molecular weight excluding hydrogens is 249 g/mol. The number of anilines is 3. The summed E-state index contributed by atoms with van der Waals surface area (Å²) in [5.41, 5.74) is 3.40. The van der Waals surface area contributed by atoms with Gasteiger partial charge in [0, 0.05) is 11.6 Å². The predicted molar refractivity (Wildman–Crippen MR) is 70.8 cm³/mol. The lowest BCUT2D eigenvalue weighted by molar-refractivity contribution is 0.414. The van der Waals surface area contributed by atoms with Gasteiger partial charge >= 0.3 is 0 Å². The van der Waals surface area contributed by atoms with Gasteiger partial charge in [-0.15, -0.1) is 0 Å². The molecule has 19 heavy (non-hydrogen) atoms. The molecule has 1 aromatic carbocycles. The normalized spacial score (nSPS) is 10.1. The second-order valence-corrected chi connectivity index (χ2v) is 3.81.